The van der Waals surface area contributed by atoms with Crippen LogP contribution in [-0.4, -0.2) is 62.3 Å². The number of aromatic nitrogens is 4. The average molecular weight is 756 g/mol. The summed E-state index contributed by atoms with van der Waals surface area (Å²) in [5.41, 5.74) is 5.45. The van der Waals surface area contributed by atoms with Crippen molar-refractivity contribution in [1.82, 2.24) is 40.4 Å². The molecule has 1 spiro atoms. The SMILES string of the molecule is COc1nc(-c2cccc(-c3cccc(-c4cc5c(=O)n(C)c(CNC6CC7(CCC(=O)N7)C6)nn5c4)c3Cl)c2Cl)ccc1CNC[C@H]1CCC(=O)N1. The molecule has 3 fully saturated rings. The molecule has 2 aromatic carbocycles. The molecule has 5 heterocycles. The fourth-order valence-electron chi connectivity index (χ4n) is 7.86. The van der Waals surface area contributed by atoms with Crippen molar-refractivity contribution >= 4 is 40.5 Å². The van der Waals surface area contributed by atoms with Gasteiger partial charge in [0.15, 0.2) is 0 Å². The predicted molar refractivity (Wildman–Crippen MR) is 204 cm³/mol. The standard InChI is InChI=1S/C39H40Cl2N8O4/c1-48-32(20-43-25-16-39(17-25)14-13-34(51)46-39)47-49-21-23(15-31(49)38(48)52)26-5-3-6-27(35(26)40)28-7-4-8-29(36(28)41)30-11-9-22(37(45-30)53-2)18-42-19-24-10-12-33(50)44-24/h3-9,11,15,21,24-25,42-43H,10,12-14,16-20H2,1-2H3,(H,44,50)(H,46,51)/t24-,25?,39?/m1/s1. The van der Waals surface area contributed by atoms with E-state index in [1.165, 1.54) is 0 Å². The summed E-state index contributed by atoms with van der Waals surface area (Å²) in [6.07, 6.45) is 6.44. The third kappa shape index (κ3) is 6.80. The second-order valence-corrected chi connectivity index (χ2v) is 15.0. The molecule has 2 aliphatic heterocycles. The van der Waals surface area contributed by atoms with E-state index in [2.05, 4.69) is 21.3 Å². The fraction of sp³-hybridized carbons (Fsp3) is 0.359. The molecule has 1 aliphatic carbocycles. The Morgan fingerprint density at radius 2 is 1.68 bits per heavy atom. The van der Waals surface area contributed by atoms with Crippen molar-refractivity contribution in [2.75, 3.05) is 13.7 Å². The highest BCUT2D eigenvalue weighted by Gasteiger charge is 2.48. The molecule has 0 bridgehead atoms. The Kier molecular flexibility index (Phi) is 9.48. The molecule has 274 valence electrons. The number of amides is 2. The van der Waals surface area contributed by atoms with Crippen LogP contribution in [0.5, 0.6) is 5.88 Å². The topological polar surface area (TPSA) is 144 Å². The zero-order chi connectivity index (χ0) is 36.9. The molecule has 1 saturated carbocycles. The van der Waals surface area contributed by atoms with Gasteiger partial charge in [0.25, 0.3) is 5.56 Å². The largest absolute Gasteiger partial charge is 0.481 e. The van der Waals surface area contributed by atoms with Gasteiger partial charge in [-0.15, -0.1) is 0 Å². The van der Waals surface area contributed by atoms with Gasteiger partial charge in [0.05, 0.1) is 29.4 Å². The summed E-state index contributed by atoms with van der Waals surface area (Å²) in [4.78, 5) is 41.5. The first-order chi connectivity index (χ1) is 25.6. The normalized spacial score (nSPS) is 20.9. The van der Waals surface area contributed by atoms with Crippen LogP contribution in [-0.2, 0) is 29.7 Å². The van der Waals surface area contributed by atoms with E-state index in [0.29, 0.717) is 65.4 Å². The number of carbonyl (C=O) groups is 2. The number of ether oxygens (including phenoxy) is 1. The molecule has 2 saturated heterocycles. The van der Waals surface area contributed by atoms with Crippen LogP contribution in [0.4, 0.5) is 0 Å². The lowest BCUT2D eigenvalue weighted by atomic mass is 9.72. The molecule has 3 aromatic heterocycles. The maximum Gasteiger partial charge on any atom is 0.277 e. The Morgan fingerprint density at radius 1 is 0.943 bits per heavy atom. The second kappa shape index (κ2) is 14.2. The van der Waals surface area contributed by atoms with Gasteiger partial charge >= 0.3 is 0 Å². The number of hydrogen-bond donors (Lipinski definition) is 4. The molecule has 5 aromatic rings. The van der Waals surface area contributed by atoms with Crippen molar-refractivity contribution in [1.29, 1.82) is 0 Å². The van der Waals surface area contributed by atoms with Gasteiger partial charge in [-0.3, -0.25) is 19.0 Å². The first-order valence-electron chi connectivity index (χ1n) is 17.9. The number of benzene rings is 2. The van der Waals surface area contributed by atoms with Crippen molar-refractivity contribution in [3.8, 4) is 39.4 Å². The molecule has 14 heteroatoms. The summed E-state index contributed by atoms with van der Waals surface area (Å²) >= 11 is 14.3. The number of pyridine rings is 1. The van der Waals surface area contributed by atoms with E-state index < -0.39 is 0 Å². The summed E-state index contributed by atoms with van der Waals surface area (Å²) < 4.78 is 8.85. The van der Waals surface area contributed by atoms with Crippen LogP contribution in [0.15, 0.2) is 65.6 Å². The number of nitrogens with zero attached hydrogens (tertiary/aromatic N) is 4. The lowest BCUT2D eigenvalue weighted by Crippen LogP contribution is -2.59. The molecule has 1 atom stereocenters. The first-order valence-corrected chi connectivity index (χ1v) is 18.6. The zero-order valence-electron chi connectivity index (χ0n) is 29.5. The highest BCUT2D eigenvalue weighted by molar-refractivity contribution is 6.39. The number of methoxy groups -OCH3 is 1. The summed E-state index contributed by atoms with van der Waals surface area (Å²) in [7, 11) is 3.32. The third-order valence-corrected chi connectivity index (χ3v) is 11.6. The monoisotopic (exact) mass is 754 g/mol. The van der Waals surface area contributed by atoms with E-state index >= 15 is 0 Å². The lowest BCUT2D eigenvalue weighted by molar-refractivity contribution is -0.120. The van der Waals surface area contributed by atoms with Crippen molar-refractivity contribution in [2.45, 2.75) is 69.2 Å². The Morgan fingerprint density at radius 3 is 2.38 bits per heavy atom. The maximum atomic E-state index is 13.5. The highest BCUT2D eigenvalue weighted by Crippen LogP contribution is 2.43. The molecule has 0 unspecified atom stereocenters. The Labute approximate surface area is 316 Å². The van der Waals surface area contributed by atoms with Crippen LogP contribution in [0.2, 0.25) is 10.0 Å². The minimum atomic E-state index is -0.161. The number of fused-ring (bicyclic) bond motifs is 1. The van der Waals surface area contributed by atoms with Crippen molar-refractivity contribution < 1.29 is 14.3 Å². The van der Waals surface area contributed by atoms with E-state index in [9.17, 15) is 14.4 Å². The van der Waals surface area contributed by atoms with Gasteiger partial charge in [-0.2, -0.15) is 5.10 Å². The van der Waals surface area contributed by atoms with Crippen LogP contribution in [0.1, 0.15) is 49.9 Å². The minimum absolute atomic E-state index is 0.0711. The molecule has 3 aliphatic rings. The quantitative estimate of drug-likeness (QED) is 0.147. The molecule has 4 N–H and O–H groups in total. The summed E-state index contributed by atoms with van der Waals surface area (Å²) in [5, 5.41) is 18.8. The van der Waals surface area contributed by atoms with Crippen LogP contribution in [0, 0.1) is 0 Å². The van der Waals surface area contributed by atoms with E-state index in [0.717, 1.165) is 59.1 Å². The highest BCUT2D eigenvalue weighted by atomic mass is 35.5. The number of carbonyl (C=O) groups excluding carboxylic acids is 2. The van der Waals surface area contributed by atoms with E-state index in [1.54, 1.807) is 23.2 Å². The van der Waals surface area contributed by atoms with Crippen molar-refractivity contribution in [3.05, 3.63) is 92.6 Å². The lowest BCUT2D eigenvalue weighted by Gasteiger charge is -2.45. The fourth-order valence-corrected chi connectivity index (χ4v) is 8.52. The molecule has 12 nitrogen and oxygen atoms in total. The summed E-state index contributed by atoms with van der Waals surface area (Å²) in [5.74, 6) is 1.32. The van der Waals surface area contributed by atoms with Crippen molar-refractivity contribution in [2.24, 2.45) is 7.05 Å². The third-order valence-electron chi connectivity index (χ3n) is 10.8. The predicted octanol–water partition coefficient (Wildman–Crippen LogP) is 5.01. The molecular formula is C39H40Cl2N8O4. The van der Waals surface area contributed by atoms with Crippen molar-refractivity contribution in [3.63, 3.8) is 0 Å². The Hall–Kier alpha value is -4.75. The van der Waals surface area contributed by atoms with E-state index in [1.807, 2.05) is 60.8 Å². The molecule has 0 radical (unpaired) electrons. The minimum Gasteiger partial charge on any atom is -0.481 e. The van der Waals surface area contributed by atoms with Gasteiger partial charge in [0.1, 0.15) is 11.3 Å². The summed E-state index contributed by atoms with van der Waals surface area (Å²) in [6, 6.07) is 17.6. The van der Waals surface area contributed by atoms with Gasteiger partial charge in [-0.25, -0.2) is 9.50 Å². The number of hydrogen-bond acceptors (Lipinski definition) is 8. The first kappa shape index (κ1) is 35.3. The summed E-state index contributed by atoms with van der Waals surface area (Å²) in [6.45, 7) is 1.63. The van der Waals surface area contributed by atoms with Gasteiger partial charge in [-0.05, 0) is 37.8 Å². The van der Waals surface area contributed by atoms with Gasteiger partial charge in [0.2, 0.25) is 17.7 Å². The van der Waals surface area contributed by atoms with E-state index in [-0.39, 0.29) is 35.0 Å². The van der Waals surface area contributed by atoms with Crippen LogP contribution >= 0.6 is 23.2 Å². The number of rotatable bonds is 11. The zero-order valence-corrected chi connectivity index (χ0v) is 31.0. The van der Waals surface area contributed by atoms with Gasteiger partial charge in [0, 0.05) is 90.2 Å². The number of nitrogens with one attached hydrogen (secondary N) is 4. The van der Waals surface area contributed by atoms with E-state index in [4.69, 9.17) is 38.0 Å². The van der Waals surface area contributed by atoms with Gasteiger partial charge < -0.3 is 26.0 Å². The average Bonchev–Trinajstić information content (AvgIpc) is 3.87. The Bertz CT molecular complexity index is 2320. The van der Waals surface area contributed by atoms with Gasteiger partial charge in [-0.1, -0.05) is 65.7 Å². The van der Waals surface area contributed by atoms with Crippen LogP contribution in [0.3, 0.4) is 0 Å². The molecule has 53 heavy (non-hydrogen) atoms. The molecular weight excluding hydrogens is 715 g/mol. The maximum absolute atomic E-state index is 13.5. The molecule has 8 rings (SSSR count). The molecule has 2 amide bonds. The van der Waals surface area contributed by atoms with Crippen LogP contribution in [0.25, 0.3) is 39.0 Å². The second-order valence-electron chi connectivity index (χ2n) is 14.3. The Balaban J connectivity index is 1.02. The number of halogens is 2. The van der Waals surface area contributed by atoms with Crippen LogP contribution < -0.4 is 31.6 Å². The smallest absolute Gasteiger partial charge is 0.277 e.